The first-order valence-corrected chi connectivity index (χ1v) is 4.93. The van der Waals surface area contributed by atoms with Crippen LogP contribution in [-0.2, 0) is 0 Å². The summed E-state index contributed by atoms with van der Waals surface area (Å²) in [6.07, 6.45) is -4.71. The molecule has 0 aliphatic rings. The van der Waals surface area contributed by atoms with Crippen LogP contribution in [0.3, 0.4) is 0 Å². The molecular formula is C11H14F3NO2. The molecule has 0 unspecified atom stereocenters. The second kappa shape index (κ2) is 4.54. The van der Waals surface area contributed by atoms with Gasteiger partial charge in [-0.25, -0.2) is 0 Å². The summed E-state index contributed by atoms with van der Waals surface area (Å²) in [6.45, 7) is 3.05. The van der Waals surface area contributed by atoms with Gasteiger partial charge in [-0.3, -0.25) is 0 Å². The lowest BCUT2D eigenvalue weighted by atomic mass is 9.93. The van der Waals surface area contributed by atoms with Crippen LogP contribution in [0.2, 0.25) is 0 Å². The lowest BCUT2D eigenvalue weighted by molar-refractivity contribution is -0.274. The van der Waals surface area contributed by atoms with Crippen molar-refractivity contribution in [3.63, 3.8) is 0 Å². The maximum atomic E-state index is 11.9. The largest absolute Gasteiger partial charge is 0.573 e. The van der Waals surface area contributed by atoms with Crippen LogP contribution >= 0.6 is 0 Å². The molecule has 0 fully saturated rings. The van der Waals surface area contributed by atoms with E-state index in [2.05, 4.69) is 4.74 Å². The third-order valence-corrected chi connectivity index (χ3v) is 2.23. The lowest BCUT2D eigenvalue weighted by Crippen LogP contribution is -2.35. The van der Waals surface area contributed by atoms with Crippen molar-refractivity contribution in [3.8, 4) is 5.75 Å². The fourth-order valence-electron chi connectivity index (χ4n) is 1.28. The topological polar surface area (TPSA) is 55.5 Å². The van der Waals surface area contributed by atoms with E-state index in [1.165, 1.54) is 26.0 Å². The van der Waals surface area contributed by atoms with E-state index in [1.807, 2.05) is 0 Å². The van der Waals surface area contributed by atoms with Crippen LogP contribution in [0.5, 0.6) is 5.75 Å². The van der Waals surface area contributed by atoms with Crippen LogP contribution in [0, 0.1) is 0 Å². The highest BCUT2D eigenvalue weighted by Crippen LogP contribution is 2.27. The smallest absolute Gasteiger partial charge is 0.406 e. The zero-order valence-corrected chi connectivity index (χ0v) is 9.45. The summed E-state index contributed by atoms with van der Waals surface area (Å²) in [4.78, 5) is 0. The van der Waals surface area contributed by atoms with Crippen molar-refractivity contribution in [1.82, 2.24) is 0 Å². The molecule has 96 valence electrons. The van der Waals surface area contributed by atoms with Crippen LogP contribution in [0.4, 0.5) is 13.2 Å². The predicted octanol–water partition coefficient (Wildman–Crippen LogP) is 2.36. The van der Waals surface area contributed by atoms with E-state index >= 15 is 0 Å². The van der Waals surface area contributed by atoms with Gasteiger partial charge in [0, 0.05) is 0 Å². The molecule has 0 heterocycles. The predicted molar refractivity (Wildman–Crippen MR) is 56.4 cm³/mol. The summed E-state index contributed by atoms with van der Waals surface area (Å²) < 4.78 is 39.4. The molecule has 0 saturated heterocycles. The summed E-state index contributed by atoms with van der Waals surface area (Å²) in [6, 6.07) is 4.43. The van der Waals surface area contributed by atoms with Crippen molar-refractivity contribution in [2.24, 2.45) is 5.73 Å². The Hall–Kier alpha value is -1.27. The van der Waals surface area contributed by atoms with Crippen molar-refractivity contribution in [2.75, 3.05) is 0 Å². The molecular weight excluding hydrogens is 235 g/mol. The number of aliphatic hydroxyl groups is 1. The van der Waals surface area contributed by atoms with Crippen LogP contribution in [0.1, 0.15) is 25.5 Å². The molecule has 0 saturated carbocycles. The monoisotopic (exact) mass is 249 g/mol. The van der Waals surface area contributed by atoms with Crippen molar-refractivity contribution < 1.29 is 23.0 Å². The van der Waals surface area contributed by atoms with Gasteiger partial charge in [-0.05, 0) is 31.5 Å². The molecule has 17 heavy (non-hydrogen) atoms. The van der Waals surface area contributed by atoms with E-state index in [-0.39, 0.29) is 5.75 Å². The highest BCUT2D eigenvalue weighted by atomic mass is 19.4. The quantitative estimate of drug-likeness (QED) is 0.864. The average Bonchev–Trinajstić information content (AvgIpc) is 2.14. The number of rotatable bonds is 3. The Balaban J connectivity index is 2.82. The average molecular weight is 249 g/mol. The fourth-order valence-corrected chi connectivity index (χ4v) is 1.28. The van der Waals surface area contributed by atoms with Gasteiger partial charge in [0.1, 0.15) is 5.75 Å². The Kier molecular flexibility index (Phi) is 3.68. The van der Waals surface area contributed by atoms with E-state index in [0.29, 0.717) is 5.56 Å². The van der Waals surface area contributed by atoms with Gasteiger partial charge in [-0.2, -0.15) is 0 Å². The number of hydrogen-bond acceptors (Lipinski definition) is 3. The summed E-state index contributed by atoms with van der Waals surface area (Å²) in [5.41, 5.74) is 5.12. The number of alkyl halides is 3. The highest BCUT2D eigenvalue weighted by Gasteiger charge is 2.31. The van der Waals surface area contributed by atoms with Crippen molar-refractivity contribution in [3.05, 3.63) is 29.8 Å². The second-order valence-corrected chi connectivity index (χ2v) is 4.25. The van der Waals surface area contributed by atoms with E-state index in [9.17, 15) is 18.3 Å². The van der Waals surface area contributed by atoms with Crippen LogP contribution in [0.15, 0.2) is 24.3 Å². The normalized spacial score (nSPS) is 14.5. The van der Waals surface area contributed by atoms with E-state index in [1.54, 1.807) is 0 Å². The van der Waals surface area contributed by atoms with Gasteiger partial charge in [-0.15, -0.1) is 13.2 Å². The van der Waals surface area contributed by atoms with E-state index in [4.69, 9.17) is 5.73 Å². The molecule has 0 bridgehead atoms. The maximum Gasteiger partial charge on any atom is 0.573 e. The Morgan fingerprint density at radius 1 is 1.18 bits per heavy atom. The molecule has 3 nitrogen and oxygen atoms in total. The third-order valence-electron chi connectivity index (χ3n) is 2.23. The molecule has 3 N–H and O–H groups in total. The summed E-state index contributed by atoms with van der Waals surface area (Å²) >= 11 is 0. The van der Waals surface area contributed by atoms with Gasteiger partial charge in [-0.1, -0.05) is 12.1 Å². The first kappa shape index (κ1) is 13.8. The first-order chi connectivity index (χ1) is 7.59. The molecule has 0 aliphatic heterocycles. The number of ether oxygens (including phenoxy) is 1. The van der Waals surface area contributed by atoms with Gasteiger partial charge in [0.15, 0.2) is 0 Å². The minimum atomic E-state index is -4.71. The fraction of sp³-hybridized carbons (Fsp3) is 0.455. The van der Waals surface area contributed by atoms with Crippen LogP contribution in [0.25, 0.3) is 0 Å². The SMILES string of the molecule is CC(C)(O)[C@@H](N)c1ccc(OC(F)(F)F)cc1. The molecule has 1 aromatic carbocycles. The van der Waals surface area contributed by atoms with E-state index < -0.39 is 18.0 Å². The molecule has 0 radical (unpaired) electrons. The molecule has 0 aromatic heterocycles. The summed E-state index contributed by atoms with van der Waals surface area (Å²) in [5.74, 6) is -0.316. The zero-order valence-electron chi connectivity index (χ0n) is 9.45. The minimum Gasteiger partial charge on any atom is -0.406 e. The molecule has 6 heteroatoms. The number of hydrogen-bond donors (Lipinski definition) is 2. The zero-order chi connectivity index (χ0) is 13.3. The Morgan fingerprint density at radius 2 is 1.65 bits per heavy atom. The lowest BCUT2D eigenvalue weighted by Gasteiger charge is -2.26. The molecule has 1 rings (SSSR count). The molecule has 1 aromatic rings. The van der Waals surface area contributed by atoms with Gasteiger partial charge < -0.3 is 15.6 Å². The van der Waals surface area contributed by atoms with Crippen LogP contribution in [-0.4, -0.2) is 17.1 Å². The second-order valence-electron chi connectivity index (χ2n) is 4.25. The standard InChI is InChI=1S/C11H14F3NO2/c1-10(2,16)9(15)7-3-5-8(6-4-7)17-11(12,13)14/h3-6,9,16H,15H2,1-2H3/t9-/m0/s1. The molecule has 0 aliphatic carbocycles. The summed E-state index contributed by atoms with van der Waals surface area (Å²) in [7, 11) is 0. The summed E-state index contributed by atoms with van der Waals surface area (Å²) in [5, 5.41) is 9.66. The number of halogens is 3. The Labute approximate surface area is 97.0 Å². The molecule has 1 atom stereocenters. The van der Waals surface area contributed by atoms with E-state index in [0.717, 1.165) is 12.1 Å². The number of nitrogens with two attached hydrogens (primary N) is 1. The Morgan fingerprint density at radius 3 is 2.00 bits per heavy atom. The Bertz CT molecular complexity index is 368. The van der Waals surface area contributed by atoms with Crippen LogP contribution < -0.4 is 10.5 Å². The third kappa shape index (κ3) is 4.24. The highest BCUT2D eigenvalue weighted by molar-refractivity contribution is 5.30. The van der Waals surface area contributed by atoms with Gasteiger partial charge in [0.25, 0.3) is 0 Å². The van der Waals surface area contributed by atoms with Crippen molar-refractivity contribution in [1.29, 1.82) is 0 Å². The molecule has 0 amide bonds. The van der Waals surface area contributed by atoms with Gasteiger partial charge in [0.05, 0.1) is 11.6 Å². The maximum absolute atomic E-state index is 11.9. The molecule has 0 spiro atoms. The van der Waals surface area contributed by atoms with Gasteiger partial charge >= 0.3 is 6.36 Å². The number of benzene rings is 1. The van der Waals surface area contributed by atoms with Gasteiger partial charge in [0.2, 0.25) is 0 Å². The van der Waals surface area contributed by atoms with Crippen molar-refractivity contribution >= 4 is 0 Å². The van der Waals surface area contributed by atoms with Crippen molar-refractivity contribution in [2.45, 2.75) is 31.9 Å². The minimum absolute atomic E-state index is 0.316. The first-order valence-electron chi connectivity index (χ1n) is 4.93.